The Morgan fingerprint density at radius 3 is 2.80 bits per heavy atom. The zero-order valence-electron chi connectivity index (χ0n) is 15.8. The fourth-order valence-corrected chi connectivity index (χ4v) is 5.73. The van der Waals surface area contributed by atoms with Crippen molar-refractivity contribution in [2.24, 2.45) is 5.92 Å². The van der Waals surface area contributed by atoms with Crippen LogP contribution in [0.5, 0.6) is 0 Å². The molecule has 2 bridgehead atoms. The third-order valence-corrected chi connectivity index (χ3v) is 7.11. The topological polar surface area (TPSA) is 23.6 Å². The van der Waals surface area contributed by atoms with Gasteiger partial charge in [-0.25, -0.2) is 0 Å². The van der Waals surface area contributed by atoms with Crippen molar-refractivity contribution < 1.29 is 4.79 Å². The van der Waals surface area contributed by atoms with E-state index < -0.39 is 0 Å². The molecule has 1 aromatic rings. The van der Waals surface area contributed by atoms with Crippen LogP contribution in [-0.4, -0.2) is 36.5 Å². The molecule has 136 valence electrons. The molecule has 0 N–H and O–H groups in total. The molecule has 0 saturated carbocycles. The minimum absolute atomic E-state index is 0.164. The molecule has 0 aromatic heterocycles. The number of benzene rings is 1. The Morgan fingerprint density at radius 1 is 1.16 bits per heavy atom. The number of rotatable bonds is 2. The van der Waals surface area contributed by atoms with Crippen LogP contribution in [-0.2, 0) is 10.2 Å². The lowest BCUT2D eigenvalue weighted by Crippen LogP contribution is -2.49. The highest BCUT2D eigenvalue weighted by atomic mass is 16.2. The summed E-state index contributed by atoms with van der Waals surface area (Å²) in [6.45, 7) is 7.90. The van der Waals surface area contributed by atoms with Crippen molar-refractivity contribution in [2.75, 3.05) is 24.5 Å². The van der Waals surface area contributed by atoms with Crippen molar-refractivity contribution in [3.8, 4) is 0 Å². The van der Waals surface area contributed by atoms with E-state index in [1.807, 2.05) is 6.92 Å². The van der Waals surface area contributed by atoms with Crippen LogP contribution in [0.2, 0.25) is 0 Å². The number of carbonyl (C=O) groups excluding carboxylic acids is 1. The van der Waals surface area contributed by atoms with Crippen LogP contribution in [0.4, 0.5) is 5.69 Å². The van der Waals surface area contributed by atoms with Gasteiger partial charge < -0.3 is 9.80 Å². The highest BCUT2D eigenvalue weighted by Gasteiger charge is 2.55. The Morgan fingerprint density at radius 2 is 2.00 bits per heavy atom. The molecule has 0 radical (unpaired) electrons. The predicted octanol–water partition coefficient (Wildman–Crippen LogP) is 4.36. The van der Waals surface area contributed by atoms with Crippen molar-refractivity contribution in [2.45, 2.75) is 70.3 Å². The Kier molecular flexibility index (Phi) is 4.61. The van der Waals surface area contributed by atoms with E-state index in [1.54, 1.807) is 0 Å². The van der Waals surface area contributed by atoms with Crippen LogP contribution in [0.25, 0.3) is 0 Å². The predicted molar refractivity (Wildman–Crippen MR) is 103 cm³/mol. The van der Waals surface area contributed by atoms with Crippen LogP contribution in [0.15, 0.2) is 24.3 Å². The van der Waals surface area contributed by atoms with E-state index in [0.29, 0.717) is 18.4 Å². The lowest BCUT2D eigenvalue weighted by molar-refractivity contribution is -0.119. The zero-order valence-corrected chi connectivity index (χ0v) is 15.8. The van der Waals surface area contributed by atoms with E-state index in [4.69, 9.17) is 0 Å². The summed E-state index contributed by atoms with van der Waals surface area (Å²) in [4.78, 5) is 17.8. The minimum atomic E-state index is 0.164. The minimum Gasteiger partial charge on any atom is -0.308 e. The average molecular weight is 341 g/mol. The molecule has 1 aromatic carbocycles. The van der Waals surface area contributed by atoms with Gasteiger partial charge in [0.05, 0.1) is 0 Å². The third-order valence-electron chi connectivity index (χ3n) is 7.11. The molecule has 2 saturated heterocycles. The summed E-state index contributed by atoms with van der Waals surface area (Å²) in [5.41, 5.74) is 2.81. The first-order valence-electron chi connectivity index (χ1n) is 10.3. The summed E-state index contributed by atoms with van der Waals surface area (Å²) < 4.78 is 0. The standard InChI is InChI=1S/C22H32N2O/c1-3-17-8-7-14-23-15-13-22(16-23)18-9-5-6-10-19(18)24(21(25)4-2)20(22)12-11-17/h5-6,9-10,17,20H,3-4,7-8,11-16H2,1-2H3/t17-,20-,22-/m1/s1. The molecule has 3 nitrogen and oxygen atoms in total. The van der Waals surface area contributed by atoms with Crippen LogP contribution >= 0.6 is 0 Å². The van der Waals surface area contributed by atoms with Crippen LogP contribution in [0, 0.1) is 5.92 Å². The van der Waals surface area contributed by atoms with Crippen molar-refractivity contribution in [1.82, 2.24) is 4.90 Å². The van der Waals surface area contributed by atoms with Gasteiger partial charge in [-0.05, 0) is 62.7 Å². The molecule has 4 rings (SSSR count). The van der Waals surface area contributed by atoms with Gasteiger partial charge in [-0.3, -0.25) is 4.79 Å². The second kappa shape index (κ2) is 6.75. The first kappa shape index (κ1) is 17.1. The van der Waals surface area contributed by atoms with Gasteiger partial charge in [-0.15, -0.1) is 0 Å². The molecule has 3 heterocycles. The fraction of sp³-hybridized carbons (Fsp3) is 0.682. The molecule has 3 aliphatic rings. The van der Waals surface area contributed by atoms with E-state index in [9.17, 15) is 4.79 Å². The number of anilines is 1. The molecule has 3 aliphatic heterocycles. The first-order chi connectivity index (χ1) is 12.2. The van der Waals surface area contributed by atoms with Gasteiger partial charge in [-0.2, -0.15) is 0 Å². The van der Waals surface area contributed by atoms with Crippen LogP contribution in [0.1, 0.15) is 64.4 Å². The van der Waals surface area contributed by atoms with Crippen LogP contribution < -0.4 is 4.90 Å². The van der Waals surface area contributed by atoms with Crippen LogP contribution in [0.3, 0.4) is 0 Å². The Hall–Kier alpha value is -1.35. The Bertz CT molecular complexity index is 643. The van der Waals surface area contributed by atoms with Gasteiger partial charge in [0.1, 0.15) is 0 Å². The number of nitrogens with zero attached hydrogens (tertiary/aromatic N) is 2. The lowest BCUT2D eigenvalue weighted by Gasteiger charge is -2.37. The molecule has 3 heteroatoms. The van der Waals surface area contributed by atoms with Crippen molar-refractivity contribution >= 4 is 11.6 Å². The maximum absolute atomic E-state index is 12.9. The van der Waals surface area contributed by atoms with Crippen molar-refractivity contribution in [3.05, 3.63) is 29.8 Å². The summed E-state index contributed by atoms with van der Waals surface area (Å²) in [7, 11) is 0. The quantitative estimate of drug-likeness (QED) is 0.799. The first-order valence-corrected chi connectivity index (χ1v) is 10.3. The van der Waals surface area contributed by atoms with Gasteiger partial charge >= 0.3 is 0 Å². The smallest absolute Gasteiger partial charge is 0.226 e. The number of carbonyl (C=O) groups is 1. The number of amides is 1. The number of fused-ring (bicyclic) bond motifs is 2. The zero-order chi connectivity index (χ0) is 17.4. The summed E-state index contributed by atoms with van der Waals surface area (Å²) in [5, 5.41) is 0. The summed E-state index contributed by atoms with van der Waals surface area (Å²) in [6.07, 6.45) is 8.19. The highest BCUT2D eigenvalue weighted by Crippen LogP contribution is 2.52. The van der Waals surface area contributed by atoms with Crippen molar-refractivity contribution in [1.29, 1.82) is 0 Å². The maximum atomic E-state index is 12.9. The Labute approximate surface area is 152 Å². The normalized spacial score (nSPS) is 34.5. The van der Waals surface area contributed by atoms with E-state index in [1.165, 1.54) is 56.4 Å². The highest BCUT2D eigenvalue weighted by molar-refractivity contribution is 5.97. The van der Waals surface area contributed by atoms with E-state index in [0.717, 1.165) is 18.9 Å². The number of para-hydroxylation sites is 1. The molecule has 1 amide bonds. The SMILES string of the molecule is CCC(=O)N1c2ccccc2[C@]23CCN(CCC[C@@H](CC)CC[C@@H]12)C3. The molecule has 25 heavy (non-hydrogen) atoms. The molecule has 2 fully saturated rings. The van der Waals surface area contributed by atoms with Gasteiger partial charge in [0.2, 0.25) is 5.91 Å². The molecular formula is C22H32N2O. The summed E-state index contributed by atoms with van der Waals surface area (Å²) in [6, 6.07) is 9.11. The number of hydrogen-bond donors (Lipinski definition) is 0. The molecule has 4 atom stereocenters. The average Bonchev–Trinajstić information content (AvgIpc) is 3.18. The second-order valence-electron chi connectivity index (χ2n) is 8.33. The van der Waals surface area contributed by atoms with Gasteiger partial charge in [-0.1, -0.05) is 38.5 Å². The third kappa shape index (κ3) is 2.71. The lowest BCUT2D eigenvalue weighted by atomic mass is 9.73. The Balaban J connectivity index is 1.78. The van der Waals surface area contributed by atoms with Gasteiger partial charge in [0.15, 0.2) is 0 Å². The van der Waals surface area contributed by atoms with Crippen molar-refractivity contribution in [3.63, 3.8) is 0 Å². The maximum Gasteiger partial charge on any atom is 0.226 e. The molecule has 1 spiro atoms. The van der Waals surface area contributed by atoms with E-state index in [2.05, 4.69) is 41.0 Å². The molecule has 1 unspecified atom stereocenters. The summed E-state index contributed by atoms with van der Waals surface area (Å²) in [5.74, 6) is 1.12. The molecular weight excluding hydrogens is 308 g/mol. The van der Waals surface area contributed by atoms with Gasteiger partial charge in [0, 0.05) is 30.1 Å². The second-order valence-corrected chi connectivity index (χ2v) is 8.33. The monoisotopic (exact) mass is 340 g/mol. The molecule has 0 aliphatic carbocycles. The number of hydrogen-bond acceptors (Lipinski definition) is 2. The summed E-state index contributed by atoms with van der Waals surface area (Å²) >= 11 is 0. The largest absolute Gasteiger partial charge is 0.308 e. The van der Waals surface area contributed by atoms with Gasteiger partial charge in [0.25, 0.3) is 0 Å². The fourth-order valence-electron chi connectivity index (χ4n) is 5.73. The van der Waals surface area contributed by atoms with E-state index in [-0.39, 0.29) is 5.41 Å². The van der Waals surface area contributed by atoms with E-state index >= 15 is 0 Å².